The van der Waals surface area contributed by atoms with Gasteiger partial charge in [0.2, 0.25) is 0 Å². The Morgan fingerprint density at radius 3 is 2.49 bits per heavy atom. The maximum Gasteiger partial charge on any atom is 0.137 e. The van der Waals surface area contributed by atoms with E-state index in [9.17, 15) is 24.8 Å². The van der Waals surface area contributed by atoms with E-state index in [1.165, 1.54) is 12.1 Å². The monoisotopic (exact) mass is 510 g/mol. The maximum absolute atomic E-state index is 13.4. The molecule has 1 saturated heterocycles. The molecular weight excluding hydrogens is 479 g/mol. The Hall–Kier alpha value is -3.01. The fourth-order valence-electron chi connectivity index (χ4n) is 4.91. The quantitative estimate of drug-likeness (QED) is 0.387. The van der Waals surface area contributed by atoms with Crippen LogP contribution in [0.2, 0.25) is 0 Å². The highest BCUT2D eigenvalue weighted by atomic mass is 19.1. The molecule has 3 aromatic rings. The van der Waals surface area contributed by atoms with Gasteiger partial charge in [0, 0.05) is 12.5 Å². The second-order valence-corrected chi connectivity index (χ2v) is 9.76. The van der Waals surface area contributed by atoms with Gasteiger partial charge in [-0.3, -0.25) is 0 Å². The van der Waals surface area contributed by atoms with Crippen LogP contribution in [-0.2, 0) is 17.6 Å². The number of rotatable bonds is 7. The van der Waals surface area contributed by atoms with E-state index >= 15 is 0 Å². The van der Waals surface area contributed by atoms with Crippen LogP contribution in [0.15, 0.2) is 60.7 Å². The average Bonchev–Trinajstić information content (AvgIpc) is 3.30. The van der Waals surface area contributed by atoms with Gasteiger partial charge in [0.25, 0.3) is 0 Å². The van der Waals surface area contributed by atoms with Crippen molar-refractivity contribution in [3.63, 3.8) is 0 Å². The van der Waals surface area contributed by atoms with Gasteiger partial charge in [0.05, 0.1) is 6.61 Å². The smallest absolute Gasteiger partial charge is 0.137 e. The molecule has 8 heteroatoms. The molecule has 0 spiro atoms. The topological polar surface area (TPSA) is 109 Å². The van der Waals surface area contributed by atoms with Crippen LogP contribution in [0.25, 0.3) is 0 Å². The van der Waals surface area contributed by atoms with Gasteiger partial charge >= 0.3 is 0 Å². The van der Waals surface area contributed by atoms with E-state index in [0.717, 1.165) is 22.3 Å². The first-order valence-electron chi connectivity index (χ1n) is 12.4. The third-order valence-electron chi connectivity index (χ3n) is 7.12. The first-order valence-corrected chi connectivity index (χ1v) is 12.4. The SMILES string of the molecule is Cc1ccc([C@@H]2O[C@H](CO)[C@@H](O)[C@H](O)[C@H]2O)cc1Cc1ccc(OCC2Cc3ccc(F)cc3O2)cc1. The third-order valence-corrected chi connectivity index (χ3v) is 7.12. The molecule has 0 amide bonds. The van der Waals surface area contributed by atoms with E-state index in [1.807, 2.05) is 49.4 Å². The zero-order valence-corrected chi connectivity index (χ0v) is 20.5. The Balaban J connectivity index is 1.22. The van der Waals surface area contributed by atoms with E-state index in [-0.39, 0.29) is 11.9 Å². The van der Waals surface area contributed by atoms with Crippen molar-refractivity contribution in [3.8, 4) is 11.5 Å². The minimum Gasteiger partial charge on any atom is -0.490 e. The summed E-state index contributed by atoms with van der Waals surface area (Å²) >= 11 is 0. The zero-order chi connectivity index (χ0) is 26.1. The summed E-state index contributed by atoms with van der Waals surface area (Å²) in [4.78, 5) is 0. The number of hydrogen-bond donors (Lipinski definition) is 4. The first kappa shape index (κ1) is 25.6. The summed E-state index contributed by atoms with van der Waals surface area (Å²) in [5.74, 6) is 0.969. The van der Waals surface area contributed by atoms with E-state index in [0.29, 0.717) is 36.5 Å². The van der Waals surface area contributed by atoms with Gasteiger partial charge in [0.1, 0.15) is 60.5 Å². The number of ether oxygens (including phenoxy) is 3. The van der Waals surface area contributed by atoms with Crippen LogP contribution >= 0.6 is 0 Å². The number of halogens is 1. The number of hydrogen-bond acceptors (Lipinski definition) is 7. The largest absolute Gasteiger partial charge is 0.490 e. The highest BCUT2D eigenvalue weighted by molar-refractivity contribution is 5.39. The summed E-state index contributed by atoms with van der Waals surface area (Å²) in [6.45, 7) is 1.89. The van der Waals surface area contributed by atoms with Crippen molar-refractivity contribution in [3.05, 3.63) is 94.3 Å². The predicted molar refractivity (Wildman–Crippen MR) is 133 cm³/mol. The van der Waals surface area contributed by atoms with Crippen LogP contribution in [0, 0.1) is 12.7 Å². The molecule has 1 fully saturated rings. The normalized spacial score (nSPS) is 27.0. The molecule has 4 N–H and O–H groups in total. The number of aliphatic hydroxyl groups is 4. The van der Waals surface area contributed by atoms with Gasteiger partial charge in [0.15, 0.2) is 0 Å². The first-order chi connectivity index (χ1) is 17.8. The molecule has 2 heterocycles. The molecule has 0 saturated carbocycles. The fraction of sp³-hybridized carbons (Fsp3) is 0.379. The van der Waals surface area contributed by atoms with Gasteiger partial charge in [-0.1, -0.05) is 36.4 Å². The Bertz CT molecular complexity index is 1230. The Morgan fingerprint density at radius 1 is 0.946 bits per heavy atom. The molecule has 196 valence electrons. The van der Waals surface area contributed by atoms with Crippen LogP contribution in [0.4, 0.5) is 4.39 Å². The number of fused-ring (bicyclic) bond motifs is 1. The molecular formula is C29H31FO7. The van der Waals surface area contributed by atoms with Gasteiger partial charge in [-0.05, 0) is 59.4 Å². The Labute approximate surface area is 214 Å². The lowest BCUT2D eigenvalue weighted by atomic mass is 9.89. The Morgan fingerprint density at radius 2 is 1.73 bits per heavy atom. The van der Waals surface area contributed by atoms with Gasteiger partial charge < -0.3 is 34.6 Å². The Kier molecular flexibility index (Phi) is 7.46. The lowest BCUT2D eigenvalue weighted by molar-refractivity contribution is -0.231. The van der Waals surface area contributed by atoms with Crippen molar-refractivity contribution in [1.82, 2.24) is 0 Å². The van der Waals surface area contributed by atoms with Crippen molar-refractivity contribution in [2.45, 2.75) is 56.4 Å². The van der Waals surface area contributed by atoms with Gasteiger partial charge in [-0.15, -0.1) is 0 Å². The molecule has 0 bridgehead atoms. The molecule has 0 aromatic heterocycles. The van der Waals surface area contributed by atoms with Crippen LogP contribution in [0.5, 0.6) is 11.5 Å². The van der Waals surface area contributed by atoms with Gasteiger partial charge in [-0.2, -0.15) is 0 Å². The van der Waals surface area contributed by atoms with Gasteiger partial charge in [-0.25, -0.2) is 4.39 Å². The van der Waals surface area contributed by atoms with E-state index in [1.54, 1.807) is 6.07 Å². The lowest BCUT2D eigenvalue weighted by Crippen LogP contribution is -2.55. The average molecular weight is 511 g/mol. The molecule has 2 aliphatic rings. The van der Waals surface area contributed by atoms with Crippen LogP contribution in [-0.4, -0.2) is 64.2 Å². The van der Waals surface area contributed by atoms with Crippen molar-refractivity contribution in [2.75, 3.05) is 13.2 Å². The summed E-state index contributed by atoms with van der Waals surface area (Å²) in [6.07, 6.45) is -4.80. The molecule has 3 aromatic carbocycles. The van der Waals surface area contributed by atoms with E-state index in [4.69, 9.17) is 14.2 Å². The summed E-state index contributed by atoms with van der Waals surface area (Å²) in [7, 11) is 0. The fourth-order valence-corrected chi connectivity index (χ4v) is 4.91. The molecule has 0 radical (unpaired) electrons. The molecule has 5 rings (SSSR count). The second-order valence-electron chi connectivity index (χ2n) is 9.76. The van der Waals surface area contributed by atoms with Crippen LogP contribution in [0.3, 0.4) is 0 Å². The second kappa shape index (κ2) is 10.8. The van der Waals surface area contributed by atoms with Crippen LogP contribution < -0.4 is 9.47 Å². The minimum absolute atomic E-state index is 0.163. The predicted octanol–water partition coefficient (Wildman–Crippen LogP) is 2.62. The zero-order valence-electron chi connectivity index (χ0n) is 20.5. The summed E-state index contributed by atoms with van der Waals surface area (Å²) in [6, 6.07) is 18.0. The van der Waals surface area contributed by atoms with Crippen LogP contribution in [0.1, 0.15) is 33.9 Å². The van der Waals surface area contributed by atoms with E-state index in [2.05, 4.69) is 0 Å². The number of aryl methyl sites for hydroxylation is 1. The number of aliphatic hydroxyl groups excluding tert-OH is 4. The maximum atomic E-state index is 13.4. The molecule has 6 atom stereocenters. The van der Waals surface area contributed by atoms with Crippen molar-refractivity contribution in [1.29, 1.82) is 0 Å². The molecule has 2 aliphatic heterocycles. The van der Waals surface area contributed by atoms with Crippen molar-refractivity contribution >= 4 is 0 Å². The summed E-state index contributed by atoms with van der Waals surface area (Å²) in [5.41, 5.74) is 4.78. The summed E-state index contributed by atoms with van der Waals surface area (Å²) in [5, 5.41) is 40.2. The van der Waals surface area contributed by atoms with Crippen molar-refractivity contribution in [2.24, 2.45) is 0 Å². The molecule has 7 nitrogen and oxygen atoms in total. The highest BCUT2D eigenvalue weighted by Gasteiger charge is 2.44. The minimum atomic E-state index is -1.42. The van der Waals surface area contributed by atoms with E-state index < -0.39 is 37.1 Å². The molecule has 37 heavy (non-hydrogen) atoms. The standard InChI is InChI=1S/C29H31FO7/c1-16-2-5-19(29-28(34)27(33)26(32)25(14-31)37-29)11-20(16)10-17-3-8-22(9-4-17)35-15-23-12-18-6-7-21(30)13-24(18)36-23/h2-9,11,13,23,25-29,31-34H,10,12,14-15H2,1H3/t23?,25-,26-,27+,28-,29+/m1/s1. The summed E-state index contributed by atoms with van der Waals surface area (Å²) < 4.78 is 30.8. The number of benzene rings is 3. The third kappa shape index (κ3) is 5.49. The highest BCUT2D eigenvalue weighted by Crippen LogP contribution is 2.34. The van der Waals surface area contributed by atoms with Crippen molar-refractivity contribution < 1.29 is 39.0 Å². The lowest BCUT2D eigenvalue weighted by Gasteiger charge is -2.40. The molecule has 1 unspecified atom stereocenters. The molecule has 0 aliphatic carbocycles.